The molecule has 0 unspecified atom stereocenters. The van der Waals surface area contributed by atoms with Gasteiger partial charge in [-0.15, -0.1) is 11.3 Å². The molecule has 0 aliphatic carbocycles. The average molecular weight is 1480 g/mol. The summed E-state index contributed by atoms with van der Waals surface area (Å²) in [6, 6.07) is 133. The van der Waals surface area contributed by atoms with Gasteiger partial charge in [-0.2, -0.15) is 0 Å². The van der Waals surface area contributed by atoms with E-state index in [-0.39, 0.29) is 0 Å². The number of benzene rings is 18. The molecule has 23 aromatic rings. The van der Waals surface area contributed by atoms with Crippen molar-refractivity contribution in [3.63, 3.8) is 0 Å². The van der Waals surface area contributed by atoms with Crippen LogP contribution in [0.1, 0.15) is 0 Å². The van der Waals surface area contributed by atoms with E-state index in [0.29, 0.717) is 34.9 Å². The van der Waals surface area contributed by atoms with Gasteiger partial charge in [-0.1, -0.05) is 279 Å². The molecule has 0 amide bonds. The predicted molar refractivity (Wildman–Crippen MR) is 476 cm³/mol. The van der Waals surface area contributed by atoms with E-state index < -0.39 is 0 Å². The fourth-order valence-electron chi connectivity index (χ4n) is 17.1. The summed E-state index contributed by atoms with van der Waals surface area (Å²) in [7, 11) is 0. The highest BCUT2D eigenvalue weighted by Gasteiger charge is 2.24. The SMILES string of the molecule is c1ccc(-c2ccc3oc4cccc(-c5ccc(-c6nc(-c7ccccc7)nc(-c7ccc8ccc(-c9ccc%10cc(-c%11ccc(-c%12nc(-c%13ccc%14sc%15ccccc%15c%14c%13)nc(-c%13ccc(-c%14cccc%15oc%16ccc(-c%17ccccc%17)cc%16c%14%15)c%14ccccc%13%14)n%12)cc%11)ccc%10c9)cc8c7)n6)c6ccccc56)c4c3c2)cc1. The quantitative estimate of drug-likeness (QED) is 0.119. The van der Waals surface area contributed by atoms with Crippen LogP contribution in [0.5, 0.6) is 0 Å². The highest BCUT2D eigenvalue weighted by atomic mass is 32.1. The molecule has 8 nitrogen and oxygen atoms in total. The van der Waals surface area contributed by atoms with E-state index in [2.05, 4.69) is 358 Å². The molecule has 0 bridgehead atoms. The van der Waals surface area contributed by atoms with Crippen LogP contribution in [-0.4, -0.2) is 29.9 Å². The van der Waals surface area contributed by atoms with Gasteiger partial charge < -0.3 is 8.83 Å². The normalized spacial score (nSPS) is 11.8. The molecule has 9 heteroatoms. The Balaban J connectivity index is 0.565. The second-order valence-corrected chi connectivity index (χ2v) is 30.6. The zero-order valence-electron chi connectivity index (χ0n) is 61.7. The number of hydrogen-bond acceptors (Lipinski definition) is 9. The van der Waals surface area contributed by atoms with Gasteiger partial charge in [-0.3, -0.25) is 0 Å². The van der Waals surface area contributed by atoms with Crippen LogP contribution in [0.4, 0.5) is 0 Å². The Labute approximate surface area is 663 Å². The van der Waals surface area contributed by atoms with Gasteiger partial charge in [0.25, 0.3) is 0 Å². The zero-order valence-corrected chi connectivity index (χ0v) is 62.5. The number of nitrogens with zero attached hydrogens (tertiary/aromatic N) is 6. The second-order valence-electron chi connectivity index (χ2n) is 29.5. The lowest BCUT2D eigenvalue weighted by Crippen LogP contribution is -2.01. The Bertz CT molecular complexity index is 7910. The summed E-state index contributed by atoms with van der Waals surface area (Å²) in [5, 5.41) is 15.4. The maximum atomic E-state index is 6.57. The molecule has 0 aliphatic rings. The van der Waals surface area contributed by atoms with E-state index in [1.807, 2.05) is 18.2 Å². The maximum absolute atomic E-state index is 6.57. The number of thiophene rings is 1. The fourth-order valence-corrected chi connectivity index (χ4v) is 18.2. The van der Waals surface area contributed by atoms with Crippen LogP contribution in [0.15, 0.2) is 385 Å². The van der Waals surface area contributed by atoms with Crippen molar-refractivity contribution < 1.29 is 8.83 Å². The van der Waals surface area contributed by atoms with E-state index in [0.717, 1.165) is 187 Å². The van der Waals surface area contributed by atoms with Crippen LogP contribution >= 0.6 is 11.3 Å². The van der Waals surface area contributed by atoms with E-state index in [4.69, 9.17) is 38.7 Å². The number of rotatable bonds is 12. The molecule has 534 valence electrons. The van der Waals surface area contributed by atoms with Crippen LogP contribution in [0.2, 0.25) is 0 Å². The lowest BCUT2D eigenvalue weighted by atomic mass is 9.92. The second kappa shape index (κ2) is 26.8. The molecule has 5 aromatic heterocycles. The van der Waals surface area contributed by atoms with Crippen molar-refractivity contribution in [1.82, 2.24) is 29.9 Å². The summed E-state index contributed by atoms with van der Waals surface area (Å²) in [5.74, 6) is 3.58. The van der Waals surface area contributed by atoms with Crippen LogP contribution in [0.3, 0.4) is 0 Å². The molecule has 0 fully saturated rings. The molecule has 0 N–H and O–H groups in total. The van der Waals surface area contributed by atoms with Gasteiger partial charge in [0.1, 0.15) is 22.3 Å². The Hall–Kier alpha value is -15.2. The number of fused-ring (bicyclic) bond motifs is 13. The molecule has 0 atom stereocenters. The summed E-state index contributed by atoms with van der Waals surface area (Å²) in [5.41, 5.74) is 22.3. The van der Waals surface area contributed by atoms with E-state index in [9.17, 15) is 0 Å². The van der Waals surface area contributed by atoms with Gasteiger partial charge in [0.15, 0.2) is 34.9 Å². The van der Waals surface area contributed by atoms with Gasteiger partial charge in [0.2, 0.25) is 0 Å². The van der Waals surface area contributed by atoms with Gasteiger partial charge in [0.05, 0.1) is 0 Å². The minimum atomic E-state index is 0.590. The zero-order chi connectivity index (χ0) is 75.6. The third kappa shape index (κ3) is 11.4. The first-order valence-electron chi connectivity index (χ1n) is 38.7. The molecule has 0 saturated heterocycles. The van der Waals surface area contributed by atoms with E-state index in [1.54, 1.807) is 11.3 Å². The van der Waals surface area contributed by atoms with Crippen molar-refractivity contribution in [2.45, 2.75) is 0 Å². The molecular formula is C106H62N6O2S. The van der Waals surface area contributed by atoms with Crippen molar-refractivity contribution in [2.75, 3.05) is 0 Å². The third-order valence-electron chi connectivity index (χ3n) is 22.8. The van der Waals surface area contributed by atoms with Crippen LogP contribution < -0.4 is 0 Å². The molecule has 18 aromatic carbocycles. The fraction of sp³-hybridized carbons (Fsp3) is 0. The third-order valence-corrected chi connectivity index (χ3v) is 24.0. The standard InChI is InChI=1S/C106H62N6O2S/c1-4-18-63(19-5-1)74-46-53-93-91(60-74)99-86(29-16-31-95(99)113-93)83-49-51-88(81-26-12-10-24-79(81)83)105-109-101(67-22-8-3-9-23-67)107-103(111-105)76-45-37-66-36-40-73(58-78(66)59-76)72-44-43-70-56-69(41-42-71(70)57-72)65-34-38-68(39-35-65)102-108-104(77-48-55-98-90(62-77)85-28-14-15-33-97(85)115-98)112-106(110-102)89-52-50-84(80-25-11-13-27-82(80)89)87-30-17-32-96-100(87)92-61-75(47-54-94(92)114-96)64-20-6-2-7-21-64/h1-62H. The molecule has 0 aliphatic heterocycles. The Kier molecular flexibility index (Phi) is 15.3. The van der Waals surface area contributed by atoms with Gasteiger partial charge in [-0.05, 0) is 207 Å². The molecular weight excluding hydrogens is 1420 g/mol. The Morgan fingerprint density at radius 2 is 0.496 bits per heavy atom. The molecule has 5 heterocycles. The average Bonchev–Trinajstić information content (AvgIpc) is 1.68. The van der Waals surface area contributed by atoms with Crippen molar-refractivity contribution in [2.24, 2.45) is 0 Å². The largest absolute Gasteiger partial charge is 0.456 e. The highest BCUT2D eigenvalue weighted by molar-refractivity contribution is 7.25. The Morgan fingerprint density at radius 3 is 1.03 bits per heavy atom. The molecule has 115 heavy (non-hydrogen) atoms. The lowest BCUT2D eigenvalue weighted by Gasteiger charge is -2.14. The summed E-state index contributed by atoms with van der Waals surface area (Å²) < 4.78 is 15.6. The smallest absolute Gasteiger partial charge is 0.164 e. The summed E-state index contributed by atoms with van der Waals surface area (Å²) in [6.07, 6.45) is 0. The monoisotopic (exact) mass is 1480 g/mol. The lowest BCUT2D eigenvalue weighted by molar-refractivity contribution is 0.668. The molecule has 0 radical (unpaired) electrons. The molecule has 0 spiro atoms. The Morgan fingerprint density at radius 1 is 0.165 bits per heavy atom. The van der Waals surface area contributed by atoms with Gasteiger partial charge in [0, 0.05) is 75.1 Å². The first kappa shape index (κ1) is 65.7. The highest BCUT2D eigenvalue weighted by Crippen LogP contribution is 2.47. The summed E-state index contributed by atoms with van der Waals surface area (Å²) in [4.78, 5) is 32.0. The topological polar surface area (TPSA) is 104 Å². The van der Waals surface area contributed by atoms with Crippen molar-refractivity contribution in [3.05, 3.63) is 376 Å². The van der Waals surface area contributed by atoms with Crippen molar-refractivity contribution in [3.8, 4) is 135 Å². The van der Waals surface area contributed by atoms with Crippen LogP contribution in [-0.2, 0) is 0 Å². The minimum absolute atomic E-state index is 0.590. The predicted octanol–water partition coefficient (Wildman–Crippen LogP) is 28.8. The van der Waals surface area contributed by atoms with Crippen molar-refractivity contribution >= 4 is 118 Å². The maximum Gasteiger partial charge on any atom is 0.164 e. The number of aromatic nitrogens is 6. The minimum Gasteiger partial charge on any atom is -0.456 e. The first-order valence-corrected chi connectivity index (χ1v) is 39.5. The first-order chi connectivity index (χ1) is 56.9. The summed E-state index contributed by atoms with van der Waals surface area (Å²) >= 11 is 1.80. The van der Waals surface area contributed by atoms with Crippen molar-refractivity contribution in [1.29, 1.82) is 0 Å². The number of furan rings is 2. The molecule has 23 rings (SSSR count). The van der Waals surface area contributed by atoms with E-state index >= 15 is 0 Å². The van der Waals surface area contributed by atoms with Gasteiger partial charge in [-0.25, -0.2) is 29.9 Å². The van der Waals surface area contributed by atoms with E-state index in [1.165, 1.54) is 20.2 Å². The molecule has 0 saturated carbocycles. The van der Waals surface area contributed by atoms with Crippen LogP contribution in [0, 0.1) is 0 Å². The number of hydrogen-bond donors (Lipinski definition) is 0. The summed E-state index contributed by atoms with van der Waals surface area (Å²) in [6.45, 7) is 0. The van der Waals surface area contributed by atoms with Gasteiger partial charge >= 0.3 is 0 Å². The van der Waals surface area contributed by atoms with Crippen LogP contribution in [0.25, 0.3) is 242 Å².